The van der Waals surface area contributed by atoms with Crippen LogP contribution in [0.15, 0.2) is 0 Å². The highest BCUT2D eigenvalue weighted by molar-refractivity contribution is 5.82. The van der Waals surface area contributed by atoms with Gasteiger partial charge in [-0.1, -0.05) is 26.7 Å². The van der Waals surface area contributed by atoms with Gasteiger partial charge in [0.15, 0.2) is 0 Å². The van der Waals surface area contributed by atoms with Crippen molar-refractivity contribution in [2.45, 2.75) is 39.5 Å². The first-order chi connectivity index (χ1) is 4.63. The second-order valence-corrected chi connectivity index (χ2v) is 3.18. The van der Waals surface area contributed by atoms with Crippen LogP contribution in [0, 0.1) is 12.8 Å². The average Bonchev–Trinajstić information content (AvgIpc) is 1.79. The second-order valence-electron chi connectivity index (χ2n) is 3.18. The van der Waals surface area contributed by atoms with Gasteiger partial charge in [-0.05, 0) is 12.3 Å². The number of Topliss-reactive ketones (excluding diaryl/α,β-unsaturated/α-hetero) is 1. The van der Waals surface area contributed by atoms with Gasteiger partial charge in [0.1, 0.15) is 5.78 Å². The first-order valence-corrected chi connectivity index (χ1v) is 3.97. The van der Waals surface area contributed by atoms with Crippen LogP contribution < -0.4 is 0 Å². The van der Waals surface area contributed by atoms with Gasteiger partial charge >= 0.3 is 0 Å². The van der Waals surface area contributed by atoms with Crippen LogP contribution in [0.3, 0.4) is 0 Å². The third-order valence-electron chi connectivity index (χ3n) is 1.49. The molecule has 0 N–H and O–H groups in total. The highest BCUT2D eigenvalue weighted by atomic mass is 16.1. The second kappa shape index (κ2) is 5.45. The van der Waals surface area contributed by atoms with E-state index in [1.54, 1.807) is 0 Å². The summed E-state index contributed by atoms with van der Waals surface area (Å²) < 4.78 is 0. The Bertz CT molecular complexity index is 94.9. The molecule has 10 heavy (non-hydrogen) atoms. The van der Waals surface area contributed by atoms with E-state index in [0.29, 0.717) is 6.42 Å². The molecule has 0 aliphatic heterocycles. The summed E-state index contributed by atoms with van der Waals surface area (Å²) in [7, 11) is 0. The Morgan fingerprint density at radius 2 is 2.00 bits per heavy atom. The molecule has 59 valence electrons. The highest BCUT2D eigenvalue weighted by Crippen LogP contribution is 2.07. The van der Waals surface area contributed by atoms with Crippen LogP contribution in [0.5, 0.6) is 0 Å². The van der Waals surface area contributed by atoms with Gasteiger partial charge in [0.05, 0.1) is 0 Å². The summed E-state index contributed by atoms with van der Waals surface area (Å²) in [5, 5.41) is 0. The van der Waals surface area contributed by atoms with Crippen molar-refractivity contribution in [1.82, 2.24) is 0 Å². The summed E-state index contributed by atoms with van der Waals surface area (Å²) in [6.07, 6.45) is 4.07. The van der Waals surface area contributed by atoms with Crippen LogP contribution in [0.1, 0.15) is 39.5 Å². The van der Waals surface area contributed by atoms with E-state index in [1.807, 2.05) is 0 Å². The Morgan fingerprint density at radius 3 is 2.40 bits per heavy atom. The lowest BCUT2D eigenvalue weighted by Crippen LogP contribution is -1.92. The van der Waals surface area contributed by atoms with Crippen molar-refractivity contribution in [3.8, 4) is 0 Å². The molecule has 0 unspecified atom stereocenters. The SMILES string of the molecule is [CH2]C(=O)CCCCC(C)C. The lowest BCUT2D eigenvalue weighted by Gasteiger charge is -2.01. The molecule has 0 saturated carbocycles. The molecule has 1 heteroatoms. The zero-order valence-electron chi connectivity index (χ0n) is 7.02. The highest BCUT2D eigenvalue weighted by Gasteiger charge is 1.95. The van der Waals surface area contributed by atoms with Crippen molar-refractivity contribution in [3.63, 3.8) is 0 Å². The first kappa shape index (κ1) is 9.67. The number of unbranched alkanes of at least 4 members (excludes halogenated alkanes) is 1. The van der Waals surface area contributed by atoms with E-state index in [-0.39, 0.29) is 5.78 Å². The van der Waals surface area contributed by atoms with Gasteiger partial charge in [-0.25, -0.2) is 0 Å². The minimum atomic E-state index is 0.0729. The topological polar surface area (TPSA) is 17.1 Å². The largest absolute Gasteiger partial charge is 0.300 e. The molecule has 0 aromatic rings. The van der Waals surface area contributed by atoms with E-state index >= 15 is 0 Å². The van der Waals surface area contributed by atoms with Gasteiger partial charge in [0.25, 0.3) is 0 Å². The van der Waals surface area contributed by atoms with Gasteiger partial charge < -0.3 is 0 Å². The maximum atomic E-state index is 10.4. The van der Waals surface area contributed by atoms with Crippen molar-refractivity contribution in [2.75, 3.05) is 0 Å². The van der Waals surface area contributed by atoms with Crippen LogP contribution >= 0.6 is 0 Å². The molecule has 0 aromatic carbocycles. The molecule has 0 aliphatic rings. The molecule has 0 aromatic heterocycles. The molecule has 0 fully saturated rings. The predicted molar refractivity (Wildman–Crippen MR) is 43.7 cm³/mol. The number of ketones is 1. The summed E-state index contributed by atoms with van der Waals surface area (Å²) in [6, 6.07) is 0. The maximum absolute atomic E-state index is 10.4. The minimum Gasteiger partial charge on any atom is -0.300 e. The van der Waals surface area contributed by atoms with Crippen molar-refractivity contribution >= 4 is 5.78 Å². The van der Waals surface area contributed by atoms with Gasteiger partial charge in [-0.3, -0.25) is 4.79 Å². The molecule has 1 nitrogen and oxygen atoms in total. The van der Waals surface area contributed by atoms with Crippen LogP contribution in [0.2, 0.25) is 0 Å². The predicted octanol–water partition coefficient (Wildman–Crippen LogP) is 2.61. The zero-order chi connectivity index (χ0) is 7.98. The Morgan fingerprint density at radius 1 is 1.40 bits per heavy atom. The van der Waals surface area contributed by atoms with Gasteiger partial charge in [0, 0.05) is 13.3 Å². The molecular formula is C9H17O. The summed E-state index contributed by atoms with van der Waals surface area (Å²) in [5.41, 5.74) is 0. The lowest BCUT2D eigenvalue weighted by atomic mass is 10.0. The van der Waals surface area contributed by atoms with E-state index < -0.39 is 0 Å². The number of carbonyl (C=O) groups excluding carboxylic acids is 1. The molecular weight excluding hydrogens is 124 g/mol. The third-order valence-corrected chi connectivity index (χ3v) is 1.49. The maximum Gasteiger partial charge on any atom is 0.133 e. The molecule has 0 amide bonds. The van der Waals surface area contributed by atoms with Crippen LogP contribution in [0.4, 0.5) is 0 Å². The fourth-order valence-electron chi connectivity index (χ4n) is 0.875. The summed E-state index contributed by atoms with van der Waals surface area (Å²) in [4.78, 5) is 10.4. The molecule has 0 bridgehead atoms. The third kappa shape index (κ3) is 7.67. The number of hydrogen-bond donors (Lipinski definition) is 0. The molecule has 0 aliphatic carbocycles. The average molecular weight is 141 g/mol. The van der Waals surface area contributed by atoms with Crippen LogP contribution in [0.25, 0.3) is 0 Å². The first-order valence-electron chi connectivity index (χ1n) is 3.97. The monoisotopic (exact) mass is 141 g/mol. The number of hydrogen-bond acceptors (Lipinski definition) is 1. The molecule has 0 heterocycles. The van der Waals surface area contributed by atoms with E-state index in [0.717, 1.165) is 12.3 Å². The summed E-state index contributed by atoms with van der Waals surface area (Å²) in [6.45, 7) is 7.72. The van der Waals surface area contributed by atoms with E-state index in [9.17, 15) is 4.79 Å². The molecule has 0 atom stereocenters. The molecule has 0 rings (SSSR count). The molecule has 1 radical (unpaired) electrons. The normalized spacial score (nSPS) is 10.4. The van der Waals surface area contributed by atoms with E-state index in [4.69, 9.17) is 0 Å². The van der Waals surface area contributed by atoms with E-state index in [2.05, 4.69) is 20.8 Å². The smallest absolute Gasteiger partial charge is 0.133 e. The lowest BCUT2D eigenvalue weighted by molar-refractivity contribution is -0.114. The standard InChI is InChI=1S/C9H17O/c1-8(2)6-4-5-7-9(3)10/h8H,3-7H2,1-2H3. The minimum absolute atomic E-state index is 0.0729. The fourth-order valence-corrected chi connectivity index (χ4v) is 0.875. The molecule has 0 saturated heterocycles. The van der Waals surface area contributed by atoms with Crippen molar-refractivity contribution in [1.29, 1.82) is 0 Å². The Balaban J connectivity index is 2.98. The van der Waals surface area contributed by atoms with E-state index in [1.165, 1.54) is 12.8 Å². The Kier molecular flexibility index (Phi) is 5.27. The zero-order valence-corrected chi connectivity index (χ0v) is 7.02. The van der Waals surface area contributed by atoms with Crippen molar-refractivity contribution in [3.05, 3.63) is 6.92 Å². The van der Waals surface area contributed by atoms with Crippen molar-refractivity contribution < 1.29 is 4.79 Å². The van der Waals surface area contributed by atoms with Gasteiger partial charge in [0.2, 0.25) is 0 Å². The quantitative estimate of drug-likeness (QED) is 0.538. The van der Waals surface area contributed by atoms with Crippen LogP contribution in [-0.2, 0) is 4.79 Å². The number of carbonyl (C=O) groups is 1. The van der Waals surface area contributed by atoms with Crippen molar-refractivity contribution in [2.24, 2.45) is 5.92 Å². The summed E-state index contributed by atoms with van der Waals surface area (Å²) in [5.74, 6) is 0.837. The Hall–Kier alpha value is -0.330. The number of rotatable bonds is 5. The fraction of sp³-hybridized carbons (Fsp3) is 0.778. The molecule has 0 spiro atoms. The van der Waals surface area contributed by atoms with Gasteiger partial charge in [-0.15, -0.1) is 0 Å². The van der Waals surface area contributed by atoms with Gasteiger partial charge in [-0.2, -0.15) is 0 Å². The Labute approximate surface area is 63.8 Å². The summed E-state index contributed by atoms with van der Waals surface area (Å²) >= 11 is 0. The van der Waals surface area contributed by atoms with Crippen LogP contribution in [-0.4, -0.2) is 5.78 Å².